The summed E-state index contributed by atoms with van der Waals surface area (Å²) in [6.45, 7) is 4.71. The topological polar surface area (TPSA) is 108 Å². The van der Waals surface area contributed by atoms with Crippen molar-refractivity contribution in [2.24, 2.45) is 0 Å². The fourth-order valence-electron chi connectivity index (χ4n) is 12.5. The van der Waals surface area contributed by atoms with Crippen LogP contribution in [0.25, 0.3) is 0 Å². The molecule has 0 bridgehead atoms. The van der Waals surface area contributed by atoms with Gasteiger partial charge in [-0.1, -0.05) is 411 Å². The highest BCUT2D eigenvalue weighted by molar-refractivity contribution is 7.45. The minimum absolute atomic E-state index is 0.00326. The first kappa shape index (κ1) is 87.0. The molecule has 0 saturated carbocycles. The highest BCUT2D eigenvalue weighted by Gasteiger charge is 2.23. The summed E-state index contributed by atoms with van der Waals surface area (Å²) in [5, 5.41) is 14.0. The molecule has 3 unspecified atom stereocenters. The van der Waals surface area contributed by atoms with Crippen molar-refractivity contribution in [1.29, 1.82) is 0 Å². The van der Waals surface area contributed by atoms with Crippen molar-refractivity contribution in [3.8, 4) is 0 Å². The van der Waals surface area contributed by atoms with Crippen molar-refractivity contribution < 1.29 is 32.9 Å². The van der Waals surface area contributed by atoms with Crippen molar-refractivity contribution in [2.75, 3.05) is 40.9 Å². The van der Waals surface area contributed by atoms with Gasteiger partial charge in [-0.15, -0.1) is 0 Å². The van der Waals surface area contributed by atoms with E-state index in [0.717, 1.165) is 38.5 Å². The van der Waals surface area contributed by atoms with Crippen molar-refractivity contribution in [3.05, 3.63) is 24.3 Å². The molecular weight excluding hydrogens is 1100 g/mol. The SMILES string of the molecule is CCCCCCCCCCCCCCCCCCCCCCCCCCCC/C=C/CC/C=C/C(O)C(COP(=O)([O-])OCC[N+](C)(C)C)NC(=O)CCCCCCCCCCCCCCCCCCCCCCCCCCCCCCCCCCCC. The van der Waals surface area contributed by atoms with E-state index >= 15 is 0 Å². The molecule has 0 saturated heterocycles. The predicted molar refractivity (Wildman–Crippen MR) is 385 cm³/mol. The van der Waals surface area contributed by atoms with Gasteiger partial charge in [-0.3, -0.25) is 9.36 Å². The smallest absolute Gasteiger partial charge is 0.268 e. The number of carbonyl (C=O) groups is 1. The van der Waals surface area contributed by atoms with Gasteiger partial charge in [0.25, 0.3) is 7.82 Å². The van der Waals surface area contributed by atoms with Crippen molar-refractivity contribution in [2.45, 2.75) is 437 Å². The standard InChI is InChI=1S/C79H157N2O6P/c1-6-8-10-12-14-16-18-20-22-24-26-28-30-32-34-36-38-40-41-43-45-47-49-51-53-55-57-59-61-63-65-67-69-71-73-79(83)80-77(76-87-88(84,85)86-75-74-81(3,4)5)78(82)72-70-68-66-64-62-60-58-56-54-52-50-48-46-44-42-39-37-35-33-31-29-27-25-23-21-19-17-15-13-11-9-7-2/h62,64,70,72,77-78,82H,6-61,63,65-69,71,73-76H2,1-5H3,(H-,80,83,84,85)/b64-62+,72-70+. The molecule has 8 nitrogen and oxygen atoms in total. The molecule has 3 atom stereocenters. The summed E-state index contributed by atoms with van der Waals surface area (Å²) in [5.41, 5.74) is 0. The van der Waals surface area contributed by atoms with Crippen LogP contribution in [0.5, 0.6) is 0 Å². The summed E-state index contributed by atoms with van der Waals surface area (Å²) in [7, 11) is 1.27. The highest BCUT2D eigenvalue weighted by Crippen LogP contribution is 2.38. The Hall–Kier alpha value is -1.02. The number of allylic oxidation sites excluding steroid dienone is 3. The third-order valence-corrected chi connectivity index (χ3v) is 19.6. The Balaban J connectivity index is 3.97. The molecule has 1 amide bonds. The van der Waals surface area contributed by atoms with E-state index < -0.39 is 20.0 Å². The largest absolute Gasteiger partial charge is 0.756 e. The van der Waals surface area contributed by atoms with Gasteiger partial charge in [0.1, 0.15) is 13.2 Å². The minimum atomic E-state index is -4.61. The molecule has 0 heterocycles. The third-order valence-electron chi connectivity index (χ3n) is 18.7. The maximum atomic E-state index is 13.1. The van der Waals surface area contributed by atoms with Crippen LogP contribution in [0, 0.1) is 0 Å². The summed E-state index contributed by atoms with van der Waals surface area (Å²) in [6, 6.07) is -0.903. The van der Waals surface area contributed by atoms with E-state index in [9.17, 15) is 19.4 Å². The average molecular weight is 1260 g/mol. The van der Waals surface area contributed by atoms with Crippen molar-refractivity contribution in [1.82, 2.24) is 5.32 Å². The molecule has 0 radical (unpaired) electrons. The Kier molecular flexibility index (Phi) is 69.5. The maximum absolute atomic E-state index is 13.1. The Morgan fingerprint density at radius 2 is 0.636 bits per heavy atom. The highest BCUT2D eigenvalue weighted by atomic mass is 31.2. The first-order valence-electron chi connectivity index (χ1n) is 39.7. The lowest BCUT2D eigenvalue weighted by Gasteiger charge is -2.29. The van der Waals surface area contributed by atoms with Crippen molar-refractivity contribution >= 4 is 13.7 Å². The number of phosphoric ester groups is 1. The Bertz CT molecular complexity index is 1480. The first-order chi connectivity index (χ1) is 43.0. The summed E-state index contributed by atoms with van der Waals surface area (Å²) in [4.78, 5) is 25.7. The number of aliphatic hydroxyl groups is 1. The van der Waals surface area contributed by atoms with Crippen LogP contribution >= 0.6 is 7.82 Å². The second-order valence-electron chi connectivity index (χ2n) is 28.8. The van der Waals surface area contributed by atoms with Gasteiger partial charge in [0, 0.05) is 6.42 Å². The van der Waals surface area contributed by atoms with Crippen LogP contribution in [0.3, 0.4) is 0 Å². The summed E-state index contributed by atoms with van der Waals surface area (Å²) < 4.78 is 23.5. The van der Waals surface area contributed by atoms with Gasteiger partial charge in [0.2, 0.25) is 5.91 Å². The number of carbonyl (C=O) groups excluding carboxylic acids is 1. The zero-order chi connectivity index (χ0) is 64.1. The van der Waals surface area contributed by atoms with Crippen molar-refractivity contribution in [3.63, 3.8) is 0 Å². The molecule has 2 N–H and O–H groups in total. The Labute approximate surface area is 551 Å². The molecule has 524 valence electrons. The van der Waals surface area contributed by atoms with E-state index in [2.05, 4.69) is 31.3 Å². The van der Waals surface area contributed by atoms with E-state index in [1.807, 2.05) is 27.2 Å². The van der Waals surface area contributed by atoms with Gasteiger partial charge >= 0.3 is 0 Å². The van der Waals surface area contributed by atoms with E-state index in [-0.39, 0.29) is 19.1 Å². The third kappa shape index (κ3) is 72.4. The molecule has 0 aliphatic carbocycles. The fourth-order valence-corrected chi connectivity index (χ4v) is 13.3. The predicted octanol–water partition coefficient (Wildman–Crippen LogP) is 25.2. The number of phosphoric acid groups is 1. The van der Waals surface area contributed by atoms with Gasteiger partial charge in [0.05, 0.1) is 39.9 Å². The van der Waals surface area contributed by atoms with E-state index in [1.54, 1.807) is 6.08 Å². The van der Waals surface area contributed by atoms with Gasteiger partial charge in [0.15, 0.2) is 0 Å². The molecule has 0 aromatic heterocycles. The second kappa shape index (κ2) is 70.3. The average Bonchev–Trinajstić information content (AvgIpc) is 3.71. The maximum Gasteiger partial charge on any atom is 0.268 e. The zero-order valence-corrected chi connectivity index (χ0v) is 61.1. The van der Waals surface area contributed by atoms with E-state index in [1.165, 1.54) is 366 Å². The van der Waals surface area contributed by atoms with Crippen LogP contribution in [0.4, 0.5) is 0 Å². The molecular formula is C79H157N2O6P. The number of unbranched alkanes of at least 4 members (excludes halogenated alkanes) is 60. The Morgan fingerprint density at radius 3 is 0.920 bits per heavy atom. The van der Waals surface area contributed by atoms with Crippen LogP contribution in [0.2, 0.25) is 0 Å². The van der Waals surface area contributed by atoms with Gasteiger partial charge in [-0.2, -0.15) is 0 Å². The number of hydrogen-bond donors (Lipinski definition) is 2. The Morgan fingerprint density at radius 1 is 0.386 bits per heavy atom. The van der Waals surface area contributed by atoms with Gasteiger partial charge < -0.3 is 28.8 Å². The van der Waals surface area contributed by atoms with Crippen LogP contribution in [-0.4, -0.2) is 68.5 Å². The summed E-state index contributed by atoms with van der Waals surface area (Å²) >= 11 is 0. The molecule has 9 heteroatoms. The number of aliphatic hydroxyl groups excluding tert-OH is 1. The van der Waals surface area contributed by atoms with Gasteiger partial charge in [-0.25, -0.2) is 0 Å². The van der Waals surface area contributed by atoms with E-state index in [4.69, 9.17) is 9.05 Å². The fraction of sp³-hybridized carbons (Fsp3) is 0.937. The number of hydrogen-bond acceptors (Lipinski definition) is 6. The first-order valence-corrected chi connectivity index (χ1v) is 41.2. The molecule has 0 aliphatic rings. The molecule has 0 spiro atoms. The van der Waals surface area contributed by atoms with Crippen LogP contribution in [0.15, 0.2) is 24.3 Å². The normalized spacial score (nSPS) is 13.6. The molecule has 0 aromatic rings. The van der Waals surface area contributed by atoms with E-state index in [0.29, 0.717) is 17.4 Å². The monoisotopic (exact) mass is 1260 g/mol. The number of nitrogens with one attached hydrogen (secondary N) is 1. The van der Waals surface area contributed by atoms with Crippen LogP contribution in [0.1, 0.15) is 425 Å². The minimum Gasteiger partial charge on any atom is -0.756 e. The molecule has 0 aromatic carbocycles. The van der Waals surface area contributed by atoms with Crippen LogP contribution < -0.4 is 10.2 Å². The second-order valence-corrected chi connectivity index (χ2v) is 30.2. The molecule has 0 aliphatic heterocycles. The number of amides is 1. The zero-order valence-electron chi connectivity index (χ0n) is 60.2. The number of nitrogens with zero attached hydrogens (tertiary/aromatic N) is 1. The number of rotatable bonds is 75. The number of quaternary nitrogens is 1. The lowest BCUT2D eigenvalue weighted by Crippen LogP contribution is -2.45. The summed E-state index contributed by atoms with van der Waals surface area (Å²) in [5.74, 6) is -0.197. The molecule has 0 rings (SSSR count). The lowest BCUT2D eigenvalue weighted by molar-refractivity contribution is -0.870. The number of likely N-dealkylation sites (N-methyl/N-ethyl adjacent to an activating group) is 1. The quantitative estimate of drug-likeness (QED) is 0.0272. The summed E-state index contributed by atoms with van der Waals surface area (Å²) in [6.07, 6.45) is 93.6. The van der Waals surface area contributed by atoms with Crippen LogP contribution in [-0.2, 0) is 18.4 Å². The lowest BCUT2D eigenvalue weighted by atomic mass is 10.0. The molecule has 0 fully saturated rings. The van der Waals surface area contributed by atoms with Gasteiger partial charge in [-0.05, 0) is 32.1 Å². The molecule has 88 heavy (non-hydrogen) atoms.